The molecule has 3 aromatic carbocycles. The number of aromatic hydroxyl groups is 1. The van der Waals surface area contributed by atoms with Crippen molar-refractivity contribution in [2.75, 3.05) is 18.4 Å². The van der Waals surface area contributed by atoms with Crippen molar-refractivity contribution >= 4 is 17.6 Å². The number of alkyl halides is 3. The lowest BCUT2D eigenvalue weighted by Crippen LogP contribution is -2.38. The molecule has 0 unspecified atom stereocenters. The second-order valence-corrected chi connectivity index (χ2v) is 10.6. The fourth-order valence-electron chi connectivity index (χ4n) is 4.12. The summed E-state index contributed by atoms with van der Waals surface area (Å²) in [5.41, 5.74) is 5.95. The molecule has 43 heavy (non-hydrogen) atoms. The third-order valence-electron chi connectivity index (χ3n) is 6.73. The van der Waals surface area contributed by atoms with Gasteiger partial charge in [0.2, 0.25) is 0 Å². The topological polar surface area (TPSA) is 141 Å². The number of nitriles is 1. The molecule has 0 atom stereocenters. The number of anilines is 1. The molecule has 0 radical (unpaired) electrons. The highest BCUT2D eigenvalue weighted by Gasteiger charge is 2.30. The smallest absolute Gasteiger partial charge is 0.416 e. The van der Waals surface area contributed by atoms with Crippen molar-refractivity contribution in [2.24, 2.45) is 11.1 Å². The quantitative estimate of drug-likeness (QED) is 0.200. The Hall–Kier alpha value is -5.21. The molecule has 0 aliphatic carbocycles. The summed E-state index contributed by atoms with van der Waals surface area (Å²) in [5.74, 6) is -1.44. The number of rotatable bonds is 8. The summed E-state index contributed by atoms with van der Waals surface area (Å²) in [5, 5.41) is 26.1. The molecule has 0 bridgehead atoms. The van der Waals surface area contributed by atoms with Crippen LogP contribution < -0.4 is 16.4 Å². The van der Waals surface area contributed by atoms with E-state index >= 15 is 0 Å². The maximum atomic E-state index is 13.1. The Kier molecular flexibility index (Phi) is 8.82. The lowest BCUT2D eigenvalue weighted by molar-refractivity contribution is -0.137. The van der Waals surface area contributed by atoms with E-state index in [1.807, 2.05) is 19.9 Å². The Morgan fingerprint density at radius 3 is 2.26 bits per heavy atom. The summed E-state index contributed by atoms with van der Waals surface area (Å²) in [6.07, 6.45) is -4.57. The first-order chi connectivity index (χ1) is 20.3. The molecule has 0 saturated carbocycles. The van der Waals surface area contributed by atoms with E-state index < -0.39 is 17.6 Å². The van der Waals surface area contributed by atoms with Gasteiger partial charge in [0.1, 0.15) is 17.4 Å². The molecule has 4 rings (SSSR count). The van der Waals surface area contributed by atoms with E-state index in [1.54, 1.807) is 48.5 Å². The molecule has 0 aliphatic heterocycles. The standard InChI is InChI=1S/C32H28F3N5O3/c1-31(2,17-37)18-38-29(42)21-7-5-6-20(14-21)24-15-26(23-8-3-4-9-27(23)41)39-28(25(24)16-36)40-30(43)19-10-12-22(13-11-19)32(33,34)35/h3-15,41H,17-18,37H2,1-2H3,(H,38,42)(H,39,40,43). The second-order valence-electron chi connectivity index (χ2n) is 10.6. The Morgan fingerprint density at radius 1 is 0.930 bits per heavy atom. The van der Waals surface area contributed by atoms with Crippen LogP contribution in [0, 0.1) is 16.7 Å². The van der Waals surface area contributed by atoms with Gasteiger partial charge in [-0.1, -0.05) is 38.1 Å². The van der Waals surface area contributed by atoms with Crippen LogP contribution in [0.3, 0.4) is 0 Å². The van der Waals surface area contributed by atoms with Crippen molar-refractivity contribution in [1.29, 1.82) is 5.26 Å². The number of hydrogen-bond acceptors (Lipinski definition) is 6. The van der Waals surface area contributed by atoms with E-state index in [0.29, 0.717) is 35.3 Å². The van der Waals surface area contributed by atoms with Crippen molar-refractivity contribution in [3.63, 3.8) is 0 Å². The minimum absolute atomic E-state index is 0.0544. The summed E-state index contributed by atoms with van der Waals surface area (Å²) in [6.45, 7) is 4.54. The van der Waals surface area contributed by atoms with Gasteiger partial charge in [-0.3, -0.25) is 9.59 Å². The van der Waals surface area contributed by atoms with E-state index in [9.17, 15) is 33.1 Å². The number of amides is 2. The molecular formula is C32H28F3N5O3. The lowest BCUT2D eigenvalue weighted by Gasteiger charge is -2.22. The number of nitrogens with two attached hydrogens (primary N) is 1. The Labute approximate surface area is 246 Å². The van der Waals surface area contributed by atoms with Gasteiger partial charge in [-0.2, -0.15) is 18.4 Å². The van der Waals surface area contributed by atoms with Crippen LogP contribution in [0.25, 0.3) is 22.4 Å². The number of phenolic OH excluding ortho intramolecular Hbond substituents is 1. The van der Waals surface area contributed by atoms with Gasteiger partial charge < -0.3 is 21.5 Å². The number of phenols is 1. The van der Waals surface area contributed by atoms with Gasteiger partial charge in [0.25, 0.3) is 11.8 Å². The number of pyridine rings is 1. The predicted octanol–water partition coefficient (Wildman–Crippen LogP) is 5.98. The maximum absolute atomic E-state index is 13.1. The molecular weight excluding hydrogens is 559 g/mol. The van der Waals surface area contributed by atoms with Crippen molar-refractivity contribution in [2.45, 2.75) is 20.0 Å². The summed E-state index contributed by atoms with van der Waals surface area (Å²) < 4.78 is 39.0. The Balaban J connectivity index is 1.79. The van der Waals surface area contributed by atoms with Gasteiger partial charge in [-0.05, 0) is 72.1 Å². The van der Waals surface area contributed by atoms with Crippen LogP contribution in [0.1, 0.15) is 45.7 Å². The molecule has 5 N–H and O–H groups in total. The molecule has 4 aromatic rings. The Bertz CT molecular complexity index is 1710. The number of para-hydroxylation sites is 1. The van der Waals surface area contributed by atoms with Crippen molar-refractivity contribution in [1.82, 2.24) is 10.3 Å². The molecule has 11 heteroatoms. The van der Waals surface area contributed by atoms with Gasteiger partial charge in [-0.25, -0.2) is 4.98 Å². The number of benzene rings is 3. The van der Waals surface area contributed by atoms with E-state index in [4.69, 9.17) is 5.73 Å². The summed E-state index contributed by atoms with van der Waals surface area (Å²) >= 11 is 0. The fourth-order valence-corrected chi connectivity index (χ4v) is 4.12. The van der Waals surface area contributed by atoms with Crippen LogP contribution in [-0.4, -0.2) is 35.0 Å². The number of halogens is 3. The number of nitrogens with one attached hydrogen (secondary N) is 2. The van der Waals surface area contributed by atoms with Crippen LogP contribution >= 0.6 is 0 Å². The molecule has 0 spiro atoms. The highest BCUT2D eigenvalue weighted by molar-refractivity contribution is 6.05. The second kappa shape index (κ2) is 12.3. The van der Waals surface area contributed by atoms with Gasteiger partial charge in [-0.15, -0.1) is 0 Å². The first-order valence-electron chi connectivity index (χ1n) is 13.1. The minimum Gasteiger partial charge on any atom is -0.507 e. The largest absolute Gasteiger partial charge is 0.507 e. The highest BCUT2D eigenvalue weighted by Crippen LogP contribution is 2.36. The summed E-state index contributed by atoms with van der Waals surface area (Å²) in [7, 11) is 0. The highest BCUT2D eigenvalue weighted by atomic mass is 19.4. The molecule has 220 valence electrons. The van der Waals surface area contributed by atoms with E-state index in [0.717, 1.165) is 24.3 Å². The first kappa shape index (κ1) is 30.7. The maximum Gasteiger partial charge on any atom is 0.416 e. The average Bonchev–Trinajstić information content (AvgIpc) is 2.99. The van der Waals surface area contributed by atoms with E-state index in [1.165, 1.54) is 6.07 Å². The molecule has 0 aliphatic rings. The molecule has 0 fully saturated rings. The molecule has 0 saturated heterocycles. The van der Waals surface area contributed by atoms with Crippen molar-refractivity contribution in [3.05, 3.63) is 101 Å². The molecule has 1 aromatic heterocycles. The summed E-state index contributed by atoms with van der Waals surface area (Å²) in [4.78, 5) is 30.4. The molecule has 8 nitrogen and oxygen atoms in total. The van der Waals surface area contributed by atoms with Crippen molar-refractivity contribution in [3.8, 4) is 34.2 Å². The molecule has 1 heterocycles. The van der Waals surface area contributed by atoms with Gasteiger partial charge in [0, 0.05) is 28.8 Å². The SMILES string of the molecule is CC(C)(CN)CNC(=O)c1cccc(-c2cc(-c3ccccc3O)nc(NC(=O)c3ccc(C(F)(F)F)cc3)c2C#N)c1. The van der Waals surface area contributed by atoms with Crippen LogP contribution in [-0.2, 0) is 6.18 Å². The molecule has 2 amide bonds. The average molecular weight is 588 g/mol. The number of hydrogen-bond donors (Lipinski definition) is 4. The number of aromatic nitrogens is 1. The van der Waals surface area contributed by atoms with Crippen LogP contribution in [0.15, 0.2) is 78.9 Å². The number of carbonyl (C=O) groups excluding carboxylic acids is 2. The van der Waals surface area contributed by atoms with Gasteiger partial charge >= 0.3 is 6.18 Å². The number of nitrogens with zero attached hydrogens (tertiary/aromatic N) is 2. The monoisotopic (exact) mass is 587 g/mol. The fraction of sp³-hybridized carbons (Fsp3) is 0.188. The lowest BCUT2D eigenvalue weighted by atomic mass is 9.93. The third kappa shape index (κ3) is 7.17. The zero-order valence-corrected chi connectivity index (χ0v) is 23.3. The van der Waals surface area contributed by atoms with Crippen molar-refractivity contribution < 1.29 is 27.9 Å². The van der Waals surface area contributed by atoms with Gasteiger partial charge in [0.15, 0.2) is 5.82 Å². The zero-order valence-electron chi connectivity index (χ0n) is 23.3. The zero-order chi connectivity index (χ0) is 31.4. The van der Waals surface area contributed by atoms with Crippen LogP contribution in [0.2, 0.25) is 0 Å². The normalized spacial score (nSPS) is 11.5. The van der Waals surface area contributed by atoms with E-state index in [2.05, 4.69) is 15.6 Å². The van der Waals surface area contributed by atoms with E-state index in [-0.39, 0.29) is 39.7 Å². The predicted molar refractivity (Wildman–Crippen MR) is 156 cm³/mol. The number of carbonyl (C=O) groups is 2. The van der Waals surface area contributed by atoms with Gasteiger partial charge in [0.05, 0.1) is 11.3 Å². The first-order valence-corrected chi connectivity index (χ1v) is 13.1. The van der Waals surface area contributed by atoms with Crippen LogP contribution in [0.4, 0.5) is 19.0 Å². The summed E-state index contributed by atoms with van der Waals surface area (Å²) in [6, 6.07) is 20.0. The third-order valence-corrected chi connectivity index (χ3v) is 6.73. The minimum atomic E-state index is -4.57. The van der Waals surface area contributed by atoms with Crippen LogP contribution in [0.5, 0.6) is 5.75 Å². The Morgan fingerprint density at radius 2 is 1.63 bits per heavy atom.